The molecule has 0 fully saturated rings. The second-order valence-corrected chi connectivity index (χ2v) is 4.90. The van der Waals surface area contributed by atoms with Crippen LogP contribution in [0.2, 0.25) is 0 Å². The summed E-state index contributed by atoms with van der Waals surface area (Å²) in [5.41, 5.74) is 6.78. The van der Waals surface area contributed by atoms with E-state index in [9.17, 15) is 0 Å². The molecule has 0 aromatic heterocycles. The zero-order valence-electron chi connectivity index (χ0n) is 9.29. The topological polar surface area (TPSA) is 35.2 Å². The Morgan fingerprint density at radius 3 is 2.73 bits per heavy atom. The van der Waals surface area contributed by atoms with E-state index in [2.05, 4.69) is 28.1 Å². The zero-order chi connectivity index (χ0) is 11.3. The highest BCUT2D eigenvalue weighted by Crippen LogP contribution is 2.18. The number of hydrogen-bond donors (Lipinski definition) is 1. The minimum atomic E-state index is -0.206. The lowest BCUT2D eigenvalue weighted by Crippen LogP contribution is -2.36. The van der Waals surface area contributed by atoms with Crippen molar-refractivity contribution >= 4 is 15.9 Å². The first kappa shape index (κ1) is 12.7. The molecule has 0 aliphatic carbocycles. The van der Waals surface area contributed by atoms with Crippen LogP contribution in [0.25, 0.3) is 0 Å². The summed E-state index contributed by atoms with van der Waals surface area (Å²) in [6, 6.07) is 8.33. The van der Waals surface area contributed by atoms with Crippen molar-refractivity contribution in [2.75, 3.05) is 13.7 Å². The molecular formula is C12H18BrNO. The Morgan fingerprint density at radius 1 is 1.47 bits per heavy atom. The molecule has 15 heavy (non-hydrogen) atoms. The highest BCUT2D eigenvalue weighted by atomic mass is 79.9. The fourth-order valence-electron chi connectivity index (χ4n) is 1.39. The molecule has 2 nitrogen and oxygen atoms in total. The number of benzene rings is 1. The summed E-state index contributed by atoms with van der Waals surface area (Å²) in [4.78, 5) is 0. The Morgan fingerprint density at radius 2 is 2.20 bits per heavy atom. The molecule has 3 heteroatoms. The Hall–Kier alpha value is -0.380. The van der Waals surface area contributed by atoms with E-state index in [4.69, 9.17) is 10.5 Å². The van der Waals surface area contributed by atoms with E-state index in [0.717, 1.165) is 17.3 Å². The predicted molar refractivity (Wildman–Crippen MR) is 66.9 cm³/mol. The maximum absolute atomic E-state index is 5.68. The summed E-state index contributed by atoms with van der Waals surface area (Å²) in [5, 5.41) is 0. The number of rotatable bonds is 5. The van der Waals surface area contributed by atoms with Gasteiger partial charge in [0.25, 0.3) is 0 Å². The third-order valence-corrected chi connectivity index (χ3v) is 3.25. The molecule has 1 rings (SSSR count). The van der Waals surface area contributed by atoms with Crippen LogP contribution >= 0.6 is 15.9 Å². The molecule has 1 aromatic rings. The quantitative estimate of drug-likeness (QED) is 0.894. The number of ether oxygens (including phenoxy) is 1. The van der Waals surface area contributed by atoms with Gasteiger partial charge in [-0.1, -0.05) is 28.1 Å². The first-order valence-corrected chi connectivity index (χ1v) is 5.88. The van der Waals surface area contributed by atoms with Crippen LogP contribution in [0.15, 0.2) is 28.7 Å². The normalized spacial score (nSPS) is 14.9. The molecule has 0 radical (unpaired) electrons. The Labute approximate surface area is 99.9 Å². The monoisotopic (exact) mass is 271 g/mol. The van der Waals surface area contributed by atoms with Crippen molar-refractivity contribution in [1.82, 2.24) is 0 Å². The second-order valence-electron chi connectivity index (χ2n) is 3.99. The minimum Gasteiger partial charge on any atom is -0.377 e. The lowest BCUT2D eigenvalue weighted by atomic mass is 9.97. The van der Waals surface area contributed by atoms with E-state index < -0.39 is 0 Å². The molecule has 0 aliphatic heterocycles. The lowest BCUT2D eigenvalue weighted by molar-refractivity contribution is 0.00704. The van der Waals surface area contributed by atoms with Crippen molar-refractivity contribution < 1.29 is 4.74 Å². The van der Waals surface area contributed by atoms with E-state index in [1.54, 1.807) is 7.11 Å². The van der Waals surface area contributed by atoms with E-state index in [-0.39, 0.29) is 5.60 Å². The molecular weight excluding hydrogens is 254 g/mol. The SMILES string of the molecule is COC(C)(CN)CCc1cccc(Br)c1. The Bertz CT molecular complexity index is 310. The Balaban J connectivity index is 2.56. The number of hydrogen-bond acceptors (Lipinski definition) is 2. The molecule has 0 bridgehead atoms. The van der Waals surface area contributed by atoms with Crippen molar-refractivity contribution in [3.63, 3.8) is 0 Å². The fourth-order valence-corrected chi connectivity index (χ4v) is 1.84. The Kier molecular flexibility index (Phi) is 4.77. The molecule has 2 N–H and O–H groups in total. The standard InChI is InChI=1S/C12H18BrNO/c1-12(9-14,15-2)7-6-10-4-3-5-11(13)8-10/h3-5,8H,6-7,9,14H2,1-2H3. The van der Waals surface area contributed by atoms with Gasteiger partial charge in [0, 0.05) is 18.1 Å². The van der Waals surface area contributed by atoms with E-state index >= 15 is 0 Å². The summed E-state index contributed by atoms with van der Waals surface area (Å²) in [5.74, 6) is 0. The summed E-state index contributed by atoms with van der Waals surface area (Å²) in [7, 11) is 1.72. The van der Waals surface area contributed by atoms with Gasteiger partial charge in [-0.15, -0.1) is 0 Å². The minimum absolute atomic E-state index is 0.206. The first-order valence-electron chi connectivity index (χ1n) is 5.09. The van der Waals surface area contributed by atoms with Gasteiger partial charge in [-0.3, -0.25) is 0 Å². The van der Waals surface area contributed by atoms with Crippen LogP contribution in [0.4, 0.5) is 0 Å². The number of methoxy groups -OCH3 is 1. The maximum Gasteiger partial charge on any atom is 0.0775 e. The summed E-state index contributed by atoms with van der Waals surface area (Å²) in [6.07, 6.45) is 1.93. The zero-order valence-corrected chi connectivity index (χ0v) is 10.9. The number of halogens is 1. The van der Waals surface area contributed by atoms with Crippen molar-refractivity contribution in [1.29, 1.82) is 0 Å². The fraction of sp³-hybridized carbons (Fsp3) is 0.500. The van der Waals surface area contributed by atoms with Crippen molar-refractivity contribution in [2.24, 2.45) is 5.73 Å². The number of nitrogens with two attached hydrogens (primary N) is 1. The van der Waals surface area contributed by atoms with Gasteiger partial charge in [0.15, 0.2) is 0 Å². The smallest absolute Gasteiger partial charge is 0.0775 e. The molecule has 0 saturated heterocycles. The highest BCUT2D eigenvalue weighted by molar-refractivity contribution is 9.10. The van der Waals surface area contributed by atoms with Gasteiger partial charge >= 0.3 is 0 Å². The third-order valence-electron chi connectivity index (χ3n) is 2.76. The van der Waals surface area contributed by atoms with Crippen LogP contribution < -0.4 is 5.73 Å². The van der Waals surface area contributed by atoms with E-state index in [0.29, 0.717) is 6.54 Å². The molecule has 0 spiro atoms. The van der Waals surface area contributed by atoms with Gasteiger partial charge in [0.05, 0.1) is 5.60 Å². The maximum atomic E-state index is 5.68. The van der Waals surface area contributed by atoms with Crippen molar-refractivity contribution in [3.8, 4) is 0 Å². The molecule has 0 aliphatic rings. The van der Waals surface area contributed by atoms with Gasteiger partial charge in [0.1, 0.15) is 0 Å². The summed E-state index contributed by atoms with van der Waals surface area (Å²) in [6.45, 7) is 2.60. The van der Waals surface area contributed by atoms with Crippen LogP contribution in [0, 0.1) is 0 Å². The van der Waals surface area contributed by atoms with Gasteiger partial charge in [0.2, 0.25) is 0 Å². The van der Waals surface area contributed by atoms with Gasteiger partial charge < -0.3 is 10.5 Å². The largest absolute Gasteiger partial charge is 0.377 e. The van der Waals surface area contributed by atoms with E-state index in [1.165, 1.54) is 5.56 Å². The highest BCUT2D eigenvalue weighted by Gasteiger charge is 2.20. The summed E-state index contributed by atoms with van der Waals surface area (Å²) < 4.78 is 6.52. The van der Waals surface area contributed by atoms with Crippen LogP contribution in [-0.2, 0) is 11.2 Å². The molecule has 0 heterocycles. The van der Waals surface area contributed by atoms with Crippen LogP contribution in [0.5, 0.6) is 0 Å². The predicted octanol–water partition coefficient (Wildman–Crippen LogP) is 2.75. The second kappa shape index (κ2) is 5.64. The van der Waals surface area contributed by atoms with Crippen LogP contribution in [-0.4, -0.2) is 19.3 Å². The number of aryl methyl sites for hydroxylation is 1. The van der Waals surface area contributed by atoms with E-state index in [1.807, 2.05) is 19.1 Å². The molecule has 84 valence electrons. The van der Waals surface area contributed by atoms with Gasteiger partial charge in [-0.2, -0.15) is 0 Å². The van der Waals surface area contributed by atoms with Crippen molar-refractivity contribution in [3.05, 3.63) is 34.3 Å². The molecule has 0 saturated carbocycles. The average Bonchev–Trinajstić information content (AvgIpc) is 2.26. The average molecular weight is 272 g/mol. The molecule has 1 aromatic carbocycles. The third kappa shape index (κ3) is 3.93. The first-order chi connectivity index (χ1) is 7.09. The van der Waals surface area contributed by atoms with Gasteiger partial charge in [-0.25, -0.2) is 0 Å². The summed E-state index contributed by atoms with van der Waals surface area (Å²) >= 11 is 3.46. The van der Waals surface area contributed by atoms with Crippen LogP contribution in [0.3, 0.4) is 0 Å². The van der Waals surface area contributed by atoms with Gasteiger partial charge in [-0.05, 0) is 37.5 Å². The van der Waals surface area contributed by atoms with Crippen LogP contribution in [0.1, 0.15) is 18.9 Å². The molecule has 0 amide bonds. The van der Waals surface area contributed by atoms with Crippen molar-refractivity contribution in [2.45, 2.75) is 25.4 Å². The molecule has 1 atom stereocenters. The molecule has 1 unspecified atom stereocenters. The lowest BCUT2D eigenvalue weighted by Gasteiger charge is -2.26.